The molecule has 1 amide bonds. The van der Waals surface area contributed by atoms with Crippen molar-refractivity contribution in [3.63, 3.8) is 0 Å². The quantitative estimate of drug-likeness (QED) is 0.848. The number of hydrogen-bond acceptors (Lipinski definition) is 5. The molecular weight excluding hydrogens is 270 g/mol. The number of alkyl carbamates (subject to hydrolysis) is 1. The Morgan fingerprint density at radius 3 is 2.52 bits per heavy atom. The number of hydrogen-bond donors (Lipinski definition) is 2. The molecule has 7 heteroatoms. The predicted octanol–water partition coefficient (Wildman–Crippen LogP) is 0.962. The second-order valence-corrected chi connectivity index (χ2v) is 6.95. The highest BCUT2D eigenvalue weighted by Gasteiger charge is 2.57. The van der Waals surface area contributed by atoms with Gasteiger partial charge in [0, 0.05) is 38.0 Å². The van der Waals surface area contributed by atoms with Crippen LogP contribution in [0.4, 0.5) is 16.3 Å². The zero-order valence-electron chi connectivity index (χ0n) is 13.0. The summed E-state index contributed by atoms with van der Waals surface area (Å²) in [6.07, 6.45) is 1.35. The minimum atomic E-state index is -0.455. The molecule has 1 saturated heterocycles. The van der Waals surface area contributed by atoms with Crippen LogP contribution in [-0.2, 0) is 11.8 Å². The first-order valence-corrected chi connectivity index (χ1v) is 7.28. The van der Waals surface area contributed by atoms with Crippen molar-refractivity contribution in [2.75, 3.05) is 23.7 Å². The van der Waals surface area contributed by atoms with Crippen molar-refractivity contribution >= 4 is 17.6 Å². The third-order valence-corrected chi connectivity index (χ3v) is 4.11. The number of aromatic nitrogens is 2. The number of nitrogens with one attached hydrogen (secondary N) is 1. The summed E-state index contributed by atoms with van der Waals surface area (Å²) in [4.78, 5) is 14.0. The van der Waals surface area contributed by atoms with E-state index >= 15 is 0 Å². The SMILES string of the molecule is Cn1ncc(N)c1N1CC2C(C1)C2NC(=O)OC(C)(C)C. The topological polar surface area (TPSA) is 85.4 Å². The van der Waals surface area contributed by atoms with Gasteiger partial charge in [-0.15, -0.1) is 0 Å². The number of nitrogen functional groups attached to an aromatic ring is 1. The van der Waals surface area contributed by atoms with Crippen LogP contribution in [0.25, 0.3) is 0 Å². The fourth-order valence-corrected chi connectivity index (χ4v) is 3.19. The average molecular weight is 293 g/mol. The fraction of sp³-hybridized carbons (Fsp3) is 0.714. The lowest BCUT2D eigenvalue weighted by molar-refractivity contribution is 0.0518. The first-order chi connectivity index (χ1) is 9.76. The maximum atomic E-state index is 11.8. The minimum absolute atomic E-state index is 0.227. The molecule has 0 radical (unpaired) electrons. The monoisotopic (exact) mass is 293 g/mol. The van der Waals surface area contributed by atoms with E-state index in [1.807, 2.05) is 27.8 Å². The molecule has 2 heterocycles. The van der Waals surface area contributed by atoms with Crippen LogP contribution < -0.4 is 16.0 Å². The lowest BCUT2D eigenvalue weighted by atomic mass is 10.2. The van der Waals surface area contributed by atoms with Crippen LogP contribution in [0.2, 0.25) is 0 Å². The van der Waals surface area contributed by atoms with E-state index in [4.69, 9.17) is 10.5 Å². The van der Waals surface area contributed by atoms with Gasteiger partial charge in [0.2, 0.25) is 0 Å². The summed E-state index contributed by atoms with van der Waals surface area (Å²) in [6, 6.07) is 0.227. The lowest BCUT2D eigenvalue weighted by Crippen LogP contribution is -2.38. The van der Waals surface area contributed by atoms with E-state index in [9.17, 15) is 4.79 Å². The molecule has 2 aliphatic rings. The van der Waals surface area contributed by atoms with Crippen molar-refractivity contribution in [1.82, 2.24) is 15.1 Å². The normalized spacial score (nSPS) is 27.4. The highest BCUT2D eigenvalue weighted by atomic mass is 16.6. The Bertz CT molecular complexity index is 531. The number of amides is 1. The molecule has 0 bridgehead atoms. The number of ether oxygens (including phenoxy) is 1. The summed E-state index contributed by atoms with van der Waals surface area (Å²) in [5, 5.41) is 7.13. The molecule has 1 aromatic rings. The van der Waals surface area contributed by atoms with Crippen LogP contribution in [0.5, 0.6) is 0 Å². The van der Waals surface area contributed by atoms with Crippen LogP contribution in [0.1, 0.15) is 20.8 Å². The number of rotatable bonds is 2. The molecule has 116 valence electrons. The van der Waals surface area contributed by atoms with Gasteiger partial charge in [-0.3, -0.25) is 4.68 Å². The summed E-state index contributed by atoms with van der Waals surface area (Å²) in [5.74, 6) is 1.93. The number of aryl methyl sites for hydroxylation is 1. The van der Waals surface area contributed by atoms with E-state index in [-0.39, 0.29) is 12.1 Å². The molecule has 21 heavy (non-hydrogen) atoms. The van der Waals surface area contributed by atoms with Crippen molar-refractivity contribution < 1.29 is 9.53 Å². The van der Waals surface area contributed by atoms with Crippen molar-refractivity contribution in [3.05, 3.63) is 6.20 Å². The van der Waals surface area contributed by atoms with Crippen molar-refractivity contribution in [2.24, 2.45) is 18.9 Å². The largest absolute Gasteiger partial charge is 0.444 e. The van der Waals surface area contributed by atoms with E-state index in [0.717, 1.165) is 18.9 Å². The van der Waals surface area contributed by atoms with Gasteiger partial charge in [0.15, 0.2) is 0 Å². The third kappa shape index (κ3) is 2.64. The van der Waals surface area contributed by atoms with Crippen LogP contribution in [0.3, 0.4) is 0 Å². The van der Waals surface area contributed by atoms with Gasteiger partial charge in [0.1, 0.15) is 11.4 Å². The Morgan fingerprint density at radius 2 is 2.05 bits per heavy atom. The van der Waals surface area contributed by atoms with Gasteiger partial charge >= 0.3 is 6.09 Å². The van der Waals surface area contributed by atoms with Crippen molar-refractivity contribution in [2.45, 2.75) is 32.4 Å². The molecule has 1 aliphatic carbocycles. The van der Waals surface area contributed by atoms with Crippen LogP contribution in [0, 0.1) is 11.8 Å². The van der Waals surface area contributed by atoms with Gasteiger partial charge in [-0.2, -0.15) is 5.10 Å². The molecule has 2 unspecified atom stereocenters. The van der Waals surface area contributed by atoms with E-state index in [0.29, 0.717) is 17.5 Å². The molecular formula is C14H23N5O2. The molecule has 3 rings (SSSR count). The Hall–Kier alpha value is -1.92. The molecule has 7 nitrogen and oxygen atoms in total. The summed E-state index contributed by atoms with van der Waals surface area (Å²) >= 11 is 0. The molecule has 2 atom stereocenters. The molecule has 1 saturated carbocycles. The standard InChI is InChI=1S/C14H23N5O2/c1-14(2,3)21-13(20)17-11-8-6-19(7-9(8)11)12-10(15)5-16-18(12)4/h5,8-9,11H,6-7,15H2,1-4H3,(H,17,20). The second kappa shape index (κ2) is 4.54. The lowest BCUT2D eigenvalue weighted by Gasteiger charge is -2.24. The summed E-state index contributed by atoms with van der Waals surface area (Å²) < 4.78 is 7.10. The van der Waals surface area contributed by atoms with E-state index in [2.05, 4.69) is 15.3 Å². The highest BCUT2D eigenvalue weighted by Crippen LogP contribution is 2.47. The van der Waals surface area contributed by atoms with E-state index in [1.54, 1.807) is 10.9 Å². The minimum Gasteiger partial charge on any atom is -0.444 e. The third-order valence-electron chi connectivity index (χ3n) is 4.11. The maximum absolute atomic E-state index is 11.8. The number of fused-ring (bicyclic) bond motifs is 1. The van der Waals surface area contributed by atoms with Gasteiger partial charge in [-0.1, -0.05) is 0 Å². The predicted molar refractivity (Wildman–Crippen MR) is 80.0 cm³/mol. The average Bonchev–Trinajstić information content (AvgIpc) is 2.72. The Balaban J connectivity index is 1.54. The maximum Gasteiger partial charge on any atom is 0.407 e. The number of carbonyl (C=O) groups is 1. The van der Waals surface area contributed by atoms with Gasteiger partial charge in [0.25, 0.3) is 0 Å². The molecule has 0 spiro atoms. The van der Waals surface area contributed by atoms with Crippen LogP contribution >= 0.6 is 0 Å². The number of anilines is 2. The number of nitrogens with zero attached hydrogens (tertiary/aromatic N) is 3. The number of nitrogens with two attached hydrogens (primary N) is 1. The van der Waals surface area contributed by atoms with E-state index < -0.39 is 5.60 Å². The van der Waals surface area contributed by atoms with Gasteiger partial charge < -0.3 is 20.7 Å². The second-order valence-electron chi connectivity index (χ2n) is 6.95. The van der Waals surface area contributed by atoms with Crippen molar-refractivity contribution in [1.29, 1.82) is 0 Å². The molecule has 0 aromatic carbocycles. The smallest absolute Gasteiger partial charge is 0.407 e. The van der Waals surface area contributed by atoms with Gasteiger partial charge in [-0.25, -0.2) is 4.79 Å². The zero-order chi connectivity index (χ0) is 15.4. The molecule has 1 aliphatic heterocycles. The first-order valence-electron chi connectivity index (χ1n) is 7.28. The highest BCUT2D eigenvalue weighted by molar-refractivity contribution is 5.69. The van der Waals surface area contributed by atoms with Crippen LogP contribution in [-0.4, -0.2) is 40.6 Å². The van der Waals surface area contributed by atoms with Crippen molar-refractivity contribution in [3.8, 4) is 0 Å². The van der Waals surface area contributed by atoms with Gasteiger partial charge in [-0.05, 0) is 20.8 Å². The molecule has 3 N–H and O–H groups in total. The van der Waals surface area contributed by atoms with Gasteiger partial charge in [0.05, 0.1) is 11.9 Å². The van der Waals surface area contributed by atoms with E-state index in [1.165, 1.54) is 0 Å². The Labute approximate surface area is 124 Å². The number of carbonyl (C=O) groups excluding carboxylic acids is 1. The summed E-state index contributed by atoms with van der Waals surface area (Å²) in [7, 11) is 1.89. The first kappa shape index (κ1) is 14.0. The Kier molecular flexibility index (Phi) is 3.04. The number of piperidine rings is 1. The molecule has 2 fully saturated rings. The zero-order valence-corrected chi connectivity index (χ0v) is 13.0. The summed E-state index contributed by atoms with van der Waals surface area (Å²) in [5.41, 5.74) is 6.20. The Morgan fingerprint density at radius 1 is 1.43 bits per heavy atom. The summed E-state index contributed by atoms with van der Waals surface area (Å²) in [6.45, 7) is 7.40. The fourth-order valence-electron chi connectivity index (χ4n) is 3.19. The van der Waals surface area contributed by atoms with Crippen LogP contribution in [0.15, 0.2) is 6.20 Å². The molecule has 1 aromatic heterocycles.